The number of fused-ring (bicyclic) bond motifs is 1. The van der Waals surface area contributed by atoms with Gasteiger partial charge >= 0.3 is 0 Å². The number of H-pyrrole nitrogens is 1. The summed E-state index contributed by atoms with van der Waals surface area (Å²) in [4.78, 5) is 28.7. The van der Waals surface area contributed by atoms with Crippen LogP contribution in [0.1, 0.15) is 48.9 Å². The van der Waals surface area contributed by atoms with Gasteiger partial charge in [-0.05, 0) is 43.0 Å². The maximum atomic E-state index is 12.3. The Kier molecular flexibility index (Phi) is 5.64. The smallest absolute Gasteiger partial charge is 0.269 e. The highest BCUT2D eigenvalue weighted by Crippen LogP contribution is 2.34. The normalized spacial score (nSPS) is 16.0. The highest BCUT2D eigenvalue weighted by molar-refractivity contribution is 5.93. The number of amides is 1. The lowest BCUT2D eigenvalue weighted by Crippen LogP contribution is -2.27. The molecule has 0 radical (unpaired) electrons. The minimum atomic E-state index is -0.186. The fourth-order valence-electron chi connectivity index (χ4n) is 4.03. The van der Waals surface area contributed by atoms with Crippen LogP contribution in [0.5, 0.6) is 0 Å². The summed E-state index contributed by atoms with van der Waals surface area (Å²) in [5.74, 6) is 1.91. The third-order valence-electron chi connectivity index (χ3n) is 5.65. The summed E-state index contributed by atoms with van der Waals surface area (Å²) in [5.41, 5.74) is 2.19. The molecule has 1 amide bonds. The molecule has 0 spiro atoms. The summed E-state index contributed by atoms with van der Waals surface area (Å²) in [6.45, 7) is 5.56. The van der Waals surface area contributed by atoms with E-state index in [-0.39, 0.29) is 11.9 Å². The monoisotopic (exact) mass is 445 g/mol. The number of aromatic amines is 1. The SMILES string of the molecule is CC(C)CNC(=O)c1cc(Nc2nc(N3CCCC3c3ccccn3)nc3cccn23)n[nH]1. The van der Waals surface area contributed by atoms with Gasteiger partial charge in [0.05, 0.1) is 11.7 Å². The number of nitrogens with one attached hydrogen (secondary N) is 3. The van der Waals surface area contributed by atoms with Crippen molar-refractivity contribution in [2.24, 2.45) is 5.92 Å². The average Bonchev–Trinajstić information content (AvgIpc) is 3.58. The Hall–Kier alpha value is -3.95. The zero-order chi connectivity index (χ0) is 22.8. The predicted octanol–water partition coefficient (Wildman–Crippen LogP) is 3.32. The van der Waals surface area contributed by atoms with Crippen LogP contribution in [0.2, 0.25) is 0 Å². The Labute approximate surface area is 191 Å². The van der Waals surface area contributed by atoms with Gasteiger partial charge in [-0.15, -0.1) is 0 Å². The number of rotatable bonds is 7. The molecule has 1 aliphatic heterocycles. The predicted molar refractivity (Wildman–Crippen MR) is 126 cm³/mol. The lowest BCUT2D eigenvalue weighted by Gasteiger charge is -2.24. The molecule has 1 atom stereocenters. The molecule has 5 rings (SSSR count). The Balaban J connectivity index is 1.42. The van der Waals surface area contributed by atoms with Gasteiger partial charge in [-0.2, -0.15) is 15.1 Å². The molecule has 3 N–H and O–H groups in total. The molecule has 0 aromatic carbocycles. The van der Waals surface area contributed by atoms with Gasteiger partial charge in [-0.25, -0.2) is 0 Å². The lowest BCUT2D eigenvalue weighted by atomic mass is 10.1. The van der Waals surface area contributed by atoms with Crippen molar-refractivity contribution in [1.29, 1.82) is 0 Å². The molecule has 10 heteroatoms. The number of aromatic nitrogens is 6. The average molecular weight is 446 g/mol. The van der Waals surface area contributed by atoms with E-state index in [2.05, 4.69) is 30.7 Å². The van der Waals surface area contributed by atoms with E-state index in [1.54, 1.807) is 6.07 Å². The van der Waals surface area contributed by atoms with Gasteiger partial charge in [0.15, 0.2) is 5.82 Å². The van der Waals surface area contributed by atoms with Crippen molar-refractivity contribution in [1.82, 2.24) is 34.9 Å². The molecule has 0 aliphatic carbocycles. The van der Waals surface area contributed by atoms with Crippen LogP contribution in [0.4, 0.5) is 17.7 Å². The standard InChI is InChI=1S/C23H27N9O/c1-15(2)14-25-21(33)17-13-19(30-29-17)26-22-28-23(27-20-9-6-12-32(20)22)31-11-5-8-18(31)16-7-3-4-10-24-16/h3-4,6-7,9-10,12-13,15,18H,5,8,11,14H2,1-2H3,(H,25,33)(H2,26,27,28,29,30). The van der Waals surface area contributed by atoms with Gasteiger partial charge in [0.25, 0.3) is 5.91 Å². The number of hydrogen-bond acceptors (Lipinski definition) is 7. The number of carbonyl (C=O) groups is 1. The molecular weight excluding hydrogens is 418 g/mol. The van der Waals surface area contributed by atoms with Gasteiger partial charge in [-0.3, -0.25) is 19.3 Å². The van der Waals surface area contributed by atoms with E-state index in [1.165, 1.54) is 0 Å². The van der Waals surface area contributed by atoms with Crippen molar-refractivity contribution >= 4 is 29.3 Å². The first kappa shape index (κ1) is 20.9. The van der Waals surface area contributed by atoms with Crippen LogP contribution in [0.3, 0.4) is 0 Å². The lowest BCUT2D eigenvalue weighted by molar-refractivity contribution is 0.0944. The summed E-state index contributed by atoms with van der Waals surface area (Å²) in [5, 5.41) is 13.2. The van der Waals surface area contributed by atoms with Crippen LogP contribution in [-0.2, 0) is 0 Å². The van der Waals surface area contributed by atoms with Crippen molar-refractivity contribution in [3.05, 3.63) is 60.2 Å². The minimum absolute atomic E-state index is 0.137. The van der Waals surface area contributed by atoms with Crippen LogP contribution in [0.25, 0.3) is 5.65 Å². The first-order chi connectivity index (χ1) is 16.1. The van der Waals surface area contributed by atoms with Crippen molar-refractivity contribution in [3.8, 4) is 0 Å². The molecule has 5 heterocycles. The zero-order valence-corrected chi connectivity index (χ0v) is 18.7. The van der Waals surface area contributed by atoms with E-state index in [1.807, 2.05) is 61.0 Å². The number of nitrogens with zero attached hydrogens (tertiary/aromatic N) is 6. The molecule has 4 aromatic rings. The summed E-state index contributed by atoms with van der Waals surface area (Å²) in [7, 11) is 0. The van der Waals surface area contributed by atoms with Gasteiger partial charge in [-0.1, -0.05) is 19.9 Å². The molecule has 0 bridgehead atoms. The Bertz CT molecular complexity index is 1250. The molecule has 1 unspecified atom stereocenters. The van der Waals surface area contributed by atoms with E-state index in [9.17, 15) is 4.79 Å². The first-order valence-corrected chi connectivity index (χ1v) is 11.2. The molecule has 1 saturated heterocycles. The Morgan fingerprint density at radius 1 is 1.24 bits per heavy atom. The molecule has 170 valence electrons. The highest BCUT2D eigenvalue weighted by atomic mass is 16.1. The number of hydrogen-bond donors (Lipinski definition) is 3. The van der Waals surface area contributed by atoms with Gasteiger partial charge in [0.1, 0.15) is 11.3 Å². The van der Waals surface area contributed by atoms with Crippen molar-refractivity contribution in [2.75, 3.05) is 23.3 Å². The number of pyridine rings is 1. The second kappa shape index (κ2) is 8.89. The summed E-state index contributed by atoms with van der Waals surface area (Å²) in [6.07, 6.45) is 5.77. The molecule has 10 nitrogen and oxygen atoms in total. The summed E-state index contributed by atoms with van der Waals surface area (Å²) in [6, 6.07) is 11.7. The fraction of sp³-hybridized carbons (Fsp3) is 0.348. The third-order valence-corrected chi connectivity index (χ3v) is 5.65. The van der Waals surface area contributed by atoms with Gasteiger partial charge in [0, 0.05) is 31.5 Å². The van der Waals surface area contributed by atoms with Crippen LogP contribution >= 0.6 is 0 Å². The minimum Gasteiger partial charge on any atom is -0.350 e. The van der Waals surface area contributed by atoms with Crippen molar-refractivity contribution < 1.29 is 4.79 Å². The van der Waals surface area contributed by atoms with Gasteiger partial charge in [0.2, 0.25) is 11.9 Å². The van der Waals surface area contributed by atoms with E-state index in [4.69, 9.17) is 9.97 Å². The molecule has 1 aliphatic rings. The van der Waals surface area contributed by atoms with E-state index < -0.39 is 0 Å². The first-order valence-electron chi connectivity index (χ1n) is 11.2. The molecule has 4 aromatic heterocycles. The third kappa shape index (κ3) is 4.36. The molecule has 0 saturated carbocycles. The van der Waals surface area contributed by atoms with Crippen LogP contribution in [0.15, 0.2) is 48.8 Å². The maximum absolute atomic E-state index is 12.3. The summed E-state index contributed by atoms with van der Waals surface area (Å²) >= 11 is 0. The van der Waals surface area contributed by atoms with Crippen molar-refractivity contribution in [2.45, 2.75) is 32.7 Å². The largest absolute Gasteiger partial charge is 0.350 e. The molecule has 33 heavy (non-hydrogen) atoms. The van der Waals surface area contributed by atoms with Gasteiger partial charge < -0.3 is 15.5 Å². The zero-order valence-electron chi connectivity index (χ0n) is 18.7. The van der Waals surface area contributed by atoms with Crippen LogP contribution < -0.4 is 15.5 Å². The second-order valence-corrected chi connectivity index (χ2v) is 8.59. The highest BCUT2D eigenvalue weighted by Gasteiger charge is 2.29. The topological polar surface area (TPSA) is 116 Å². The molecule has 1 fully saturated rings. The maximum Gasteiger partial charge on any atom is 0.269 e. The van der Waals surface area contributed by atoms with E-state index in [0.29, 0.717) is 35.9 Å². The van der Waals surface area contributed by atoms with E-state index in [0.717, 1.165) is 30.7 Å². The second-order valence-electron chi connectivity index (χ2n) is 8.59. The van der Waals surface area contributed by atoms with Crippen LogP contribution in [-0.4, -0.2) is 48.5 Å². The number of anilines is 3. The quantitative estimate of drug-likeness (QED) is 0.400. The Morgan fingerprint density at radius 2 is 2.15 bits per heavy atom. The Morgan fingerprint density at radius 3 is 2.97 bits per heavy atom. The van der Waals surface area contributed by atoms with Crippen LogP contribution in [0, 0.1) is 5.92 Å². The number of carbonyl (C=O) groups excluding carboxylic acids is 1. The fourth-order valence-corrected chi connectivity index (χ4v) is 4.03. The van der Waals surface area contributed by atoms with E-state index >= 15 is 0 Å². The van der Waals surface area contributed by atoms with Crippen molar-refractivity contribution in [3.63, 3.8) is 0 Å². The molecular formula is C23H27N9O. The summed E-state index contributed by atoms with van der Waals surface area (Å²) < 4.78 is 1.86.